The Hall–Kier alpha value is -2.62. The van der Waals surface area contributed by atoms with Crippen LogP contribution in [0, 0.1) is 0 Å². The minimum absolute atomic E-state index is 0.490. The van der Waals surface area contributed by atoms with Gasteiger partial charge in [-0.05, 0) is 23.3 Å². The fourth-order valence-electron chi connectivity index (χ4n) is 2.97. The maximum atomic E-state index is 5.92. The molecule has 0 aliphatic rings. The van der Waals surface area contributed by atoms with Gasteiger partial charge in [-0.3, -0.25) is 4.57 Å². The summed E-state index contributed by atoms with van der Waals surface area (Å²) in [6.45, 7) is 0. The molecule has 0 aliphatic heterocycles. The number of hydrogen-bond donors (Lipinski definition) is 0. The van der Waals surface area contributed by atoms with Crippen LogP contribution in [0.2, 0.25) is 0 Å². The lowest BCUT2D eigenvalue weighted by atomic mass is 10.1. The van der Waals surface area contributed by atoms with Crippen molar-refractivity contribution in [3.05, 3.63) is 90.0 Å². The largest absolute Gasteiger partial charge is 0.275 e. The summed E-state index contributed by atoms with van der Waals surface area (Å²) in [5, 5.41) is 8.98. The molecule has 3 aromatic carbocycles. The molecule has 4 aromatic rings. The van der Waals surface area contributed by atoms with Gasteiger partial charge in [-0.25, -0.2) is 0 Å². The predicted molar refractivity (Wildman–Crippen MR) is 111 cm³/mol. The Morgan fingerprint density at radius 2 is 1.04 bits per heavy atom. The molecule has 5 heteroatoms. The number of halogens is 2. The first-order valence-corrected chi connectivity index (χ1v) is 9.68. The topological polar surface area (TPSA) is 30.7 Å². The quantitative estimate of drug-likeness (QED) is 0.384. The highest BCUT2D eigenvalue weighted by Gasteiger charge is 2.17. The first-order chi connectivity index (χ1) is 13.3. The highest BCUT2D eigenvalue weighted by atomic mass is 35.5. The van der Waals surface area contributed by atoms with Crippen LogP contribution in [0.15, 0.2) is 78.9 Å². The third kappa shape index (κ3) is 3.61. The average Bonchev–Trinajstić information content (AvgIpc) is 3.19. The van der Waals surface area contributed by atoms with Gasteiger partial charge < -0.3 is 0 Å². The molecule has 0 amide bonds. The van der Waals surface area contributed by atoms with E-state index in [1.54, 1.807) is 0 Å². The predicted octanol–water partition coefficient (Wildman–Crippen LogP) is 6.08. The first kappa shape index (κ1) is 17.8. The third-order valence-corrected chi connectivity index (χ3v) is 5.03. The van der Waals surface area contributed by atoms with Gasteiger partial charge in [0.1, 0.15) is 0 Å². The minimum atomic E-state index is 0.490. The van der Waals surface area contributed by atoms with Gasteiger partial charge in [-0.2, -0.15) is 0 Å². The molecule has 0 N–H and O–H groups in total. The van der Waals surface area contributed by atoms with Crippen LogP contribution >= 0.6 is 23.2 Å². The van der Waals surface area contributed by atoms with E-state index in [1.807, 2.05) is 66.7 Å². The number of nitrogens with zero attached hydrogens (tertiary/aromatic N) is 3. The second kappa shape index (κ2) is 7.95. The molecule has 0 radical (unpaired) electrons. The molecule has 4 rings (SSSR count). The van der Waals surface area contributed by atoms with E-state index in [9.17, 15) is 0 Å². The van der Waals surface area contributed by atoms with Crippen molar-refractivity contribution in [3.8, 4) is 28.5 Å². The van der Waals surface area contributed by atoms with Crippen LogP contribution in [-0.4, -0.2) is 14.8 Å². The smallest absolute Gasteiger partial charge is 0.168 e. The van der Waals surface area contributed by atoms with E-state index < -0.39 is 0 Å². The lowest BCUT2D eigenvalue weighted by Gasteiger charge is -2.11. The highest BCUT2D eigenvalue weighted by Crippen LogP contribution is 2.29. The molecule has 134 valence electrons. The van der Waals surface area contributed by atoms with Crippen molar-refractivity contribution in [2.45, 2.75) is 11.8 Å². The van der Waals surface area contributed by atoms with Crippen LogP contribution in [0.1, 0.15) is 11.1 Å². The SMILES string of the molecule is ClCc1ccc(-c2nnc(-c3ccc(CCl)cc3)n2-c2ccccc2)cc1. The van der Waals surface area contributed by atoms with Crippen molar-refractivity contribution in [3.63, 3.8) is 0 Å². The Balaban J connectivity index is 1.87. The van der Waals surface area contributed by atoms with Gasteiger partial charge in [-0.15, -0.1) is 33.4 Å². The Morgan fingerprint density at radius 1 is 0.593 bits per heavy atom. The monoisotopic (exact) mass is 393 g/mol. The van der Waals surface area contributed by atoms with Crippen LogP contribution in [0.25, 0.3) is 28.5 Å². The Morgan fingerprint density at radius 3 is 1.44 bits per heavy atom. The number of benzene rings is 3. The molecule has 0 saturated carbocycles. The number of alkyl halides is 2. The molecule has 0 aliphatic carbocycles. The zero-order chi connectivity index (χ0) is 18.6. The van der Waals surface area contributed by atoms with Crippen molar-refractivity contribution in [2.24, 2.45) is 0 Å². The van der Waals surface area contributed by atoms with E-state index in [-0.39, 0.29) is 0 Å². The second-order valence-electron chi connectivity index (χ2n) is 6.18. The fraction of sp³-hybridized carbons (Fsp3) is 0.0909. The zero-order valence-corrected chi connectivity index (χ0v) is 16.0. The zero-order valence-electron chi connectivity index (χ0n) is 14.5. The highest BCUT2D eigenvalue weighted by molar-refractivity contribution is 6.17. The molecule has 0 saturated heterocycles. The van der Waals surface area contributed by atoms with E-state index >= 15 is 0 Å². The van der Waals surface area contributed by atoms with Crippen LogP contribution in [0.5, 0.6) is 0 Å². The Kier molecular flexibility index (Phi) is 5.23. The maximum absolute atomic E-state index is 5.92. The van der Waals surface area contributed by atoms with E-state index in [0.717, 1.165) is 39.6 Å². The maximum Gasteiger partial charge on any atom is 0.168 e. The Labute approximate surface area is 168 Å². The van der Waals surface area contributed by atoms with E-state index in [2.05, 4.69) is 26.9 Å². The standard InChI is InChI=1S/C22H17Cl2N3/c23-14-16-6-10-18(11-7-16)21-25-26-22(19-12-8-17(15-24)9-13-19)27(21)20-4-2-1-3-5-20/h1-13H,14-15H2. The molecule has 3 nitrogen and oxygen atoms in total. The molecule has 0 bridgehead atoms. The second-order valence-corrected chi connectivity index (χ2v) is 6.71. The summed E-state index contributed by atoms with van der Waals surface area (Å²) in [5.74, 6) is 2.56. The van der Waals surface area contributed by atoms with Crippen LogP contribution < -0.4 is 0 Å². The van der Waals surface area contributed by atoms with Gasteiger partial charge >= 0.3 is 0 Å². The molecule has 0 fully saturated rings. The van der Waals surface area contributed by atoms with Crippen molar-refractivity contribution in [1.82, 2.24) is 14.8 Å². The summed E-state index contributed by atoms with van der Waals surface area (Å²) >= 11 is 11.8. The summed E-state index contributed by atoms with van der Waals surface area (Å²) < 4.78 is 2.07. The van der Waals surface area contributed by atoms with Crippen molar-refractivity contribution in [1.29, 1.82) is 0 Å². The van der Waals surface area contributed by atoms with Crippen LogP contribution in [-0.2, 0) is 11.8 Å². The summed E-state index contributed by atoms with van der Waals surface area (Å²) in [4.78, 5) is 0. The number of para-hydroxylation sites is 1. The van der Waals surface area contributed by atoms with Gasteiger partial charge in [0, 0.05) is 28.6 Å². The molecule has 0 unspecified atom stereocenters. The average molecular weight is 394 g/mol. The van der Waals surface area contributed by atoms with Gasteiger partial charge in [0.05, 0.1) is 0 Å². The molecular formula is C22H17Cl2N3. The molecule has 1 aromatic heterocycles. The van der Waals surface area contributed by atoms with Crippen molar-refractivity contribution >= 4 is 23.2 Å². The number of aromatic nitrogens is 3. The lowest BCUT2D eigenvalue weighted by Crippen LogP contribution is -2.00. The van der Waals surface area contributed by atoms with Crippen LogP contribution in [0.4, 0.5) is 0 Å². The molecular weight excluding hydrogens is 377 g/mol. The summed E-state index contributed by atoms with van der Waals surface area (Å²) in [6.07, 6.45) is 0. The van der Waals surface area contributed by atoms with Gasteiger partial charge in [0.25, 0.3) is 0 Å². The number of hydrogen-bond acceptors (Lipinski definition) is 2. The molecule has 1 heterocycles. The minimum Gasteiger partial charge on any atom is -0.275 e. The van der Waals surface area contributed by atoms with Crippen LogP contribution in [0.3, 0.4) is 0 Å². The number of rotatable bonds is 5. The molecule has 0 spiro atoms. The van der Waals surface area contributed by atoms with Gasteiger partial charge in [0.2, 0.25) is 0 Å². The van der Waals surface area contributed by atoms with Gasteiger partial charge in [-0.1, -0.05) is 66.7 Å². The van der Waals surface area contributed by atoms with Crippen molar-refractivity contribution < 1.29 is 0 Å². The summed E-state index contributed by atoms with van der Waals surface area (Å²) in [5.41, 5.74) is 5.13. The van der Waals surface area contributed by atoms with E-state index in [4.69, 9.17) is 23.2 Å². The first-order valence-electron chi connectivity index (χ1n) is 8.61. The molecule has 0 atom stereocenters. The van der Waals surface area contributed by atoms with Gasteiger partial charge in [0.15, 0.2) is 11.6 Å². The lowest BCUT2D eigenvalue weighted by molar-refractivity contribution is 1.07. The summed E-state index contributed by atoms with van der Waals surface area (Å²) in [6, 6.07) is 26.3. The normalized spacial score (nSPS) is 10.9. The van der Waals surface area contributed by atoms with Crippen molar-refractivity contribution in [2.75, 3.05) is 0 Å². The summed E-state index contributed by atoms with van der Waals surface area (Å²) in [7, 11) is 0. The van der Waals surface area contributed by atoms with E-state index in [0.29, 0.717) is 11.8 Å². The fourth-order valence-corrected chi connectivity index (χ4v) is 3.32. The molecule has 27 heavy (non-hydrogen) atoms. The Bertz CT molecular complexity index is 959. The van der Waals surface area contributed by atoms with E-state index in [1.165, 1.54) is 0 Å². The third-order valence-electron chi connectivity index (χ3n) is 4.41.